The molecule has 0 aromatic heterocycles. The molecule has 76 valence electrons. The van der Waals surface area contributed by atoms with Gasteiger partial charge in [-0.15, -0.1) is 0 Å². The van der Waals surface area contributed by atoms with Gasteiger partial charge in [-0.25, -0.2) is 4.79 Å². The Balaban J connectivity index is 3.81. The first-order valence-corrected chi connectivity index (χ1v) is 4.99. The van der Waals surface area contributed by atoms with Crippen LogP contribution in [0.1, 0.15) is 40.0 Å². The van der Waals surface area contributed by atoms with E-state index >= 15 is 0 Å². The minimum Gasteiger partial charge on any atom is -0.478 e. The van der Waals surface area contributed by atoms with Gasteiger partial charge in [0.2, 0.25) is 0 Å². The van der Waals surface area contributed by atoms with Crippen LogP contribution in [0.15, 0.2) is 12.2 Å². The minimum absolute atomic E-state index is 0.364. The molecule has 0 aliphatic heterocycles. The summed E-state index contributed by atoms with van der Waals surface area (Å²) in [6.07, 6.45) is 6.64. The van der Waals surface area contributed by atoms with Crippen LogP contribution in [0, 0.1) is 11.8 Å². The van der Waals surface area contributed by atoms with Crippen molar-refractivity contribution in [3.05, 3.63) is 12.2 Å². The van der Waals surface area contributed by atoms with Gasteiger partial charge in [-0.2, -0.15) is 0 Å². The quantitative estimate of drug-likeness (QED) is 0.644. The van der Waals surface area contributed by atoms with E-state index in [2.05, 4.69) is 20.8 Å². The Morgan fingerprint density at radius 2 is 2.08 bits per heavy atom. The molecule has 2 unspecified atom stereocenters. The predicted molar refractivity (Wildman–Crippen MR) is 54.6 cm³/mol. The average Bonchev–Trinajstić information content (AvgIpc) is 2.10. The van der Waals surface area contributed by atoms with Crippen molar-refractivity contribution in [1.29, 1.82) is 0 Å². The van der Waals surface area contributed by atoms with E-state index in [0.717, 1.165) is 0 Å². The van der Waals surface area contributed by atoms with Crippen LogP contribution in [0.3, 0.4) is 0 Å². The van der Waals surface area contributed by atoms with E-state index in [1.54, 1.807) is 6.08 Å². The van der Waals surface area contributed by atoms with Crippen molar-refractivity contribution in [1.82, 2.24) is 0 Å². The lowest BCUT2D eigenvalue weighted by Crippen LogP contribution is -2.05. The van der Waals surface area contributed by atoms with Crippen LogP contribution in [-0.4, -0.2) is 11.1 Å². The summed E-state index contributed by atoms with van der Waals surface area (Å²) in [4.78, 5) is 10.3. The first kappa shape index (κ1) is 12.2. The first-order valence-electron chi connectivity index (χ1n) is 4.99. The van der Waals surface area contributed by atoms with Gasteiger partial charge >= 0.3 is 5.97 Å². The summed E-state index contributed by atoms with van der Waals surface area (Å²) < 4.78 is 0. The van der Waals surface area contributed by atoms with E-state index < -0.39 is 5.97 Å². The lowest BCUT2D eigenvalue weighted by Gasteiger charge is -2.15. The van der Waals surface area contributed by atoms with Crippen LogP contribution in [-0.2, 0) is 4.79 Å². The van der Waals surface area contributed by atoms with Gasteiger partial charge in [0.05, 0.1) is 0 Å². The van der Waals surface area contributed by atoms with Crippen LogP contribution in [0.4, 0.5) is 0 Å². The van der Waals surface area contributed by atoms with Crippen LogP contribution in [0.5, 0.6) is 0 Å². The highest BCUT2D eigenvalue weighted by atomic mass is 16.4. The number of carboxylic acids is 1. The molecule has 0 saturated heterocycles. The molecule has 0 aliphatic rings. The molecule has 0 aromatic carbocycles. The zero-order valence-corrected chi connectivity index (χ0v) is 8.79. The maximum absolute atomic E-state index is 10.3. The normalized spacial score (nSPS) is 15.9. The third-order valence-electron chi connectivity index (χ3n) is 2.45. The van der Waals surface area contributed by atoms with Crippen molar-refractivity contribution in [3.8, 4) is 0 Å². The highest BCUT2D eigenvalue weighted by Gasteiger charge is 2.08. The highest BCUT2D eigenvalue weighted by molar-refractivity contribution is 5.79. The smallest absolute Gasteiger partial charge is 0.327 e. The largest absolute Gasteiger partial charge is 0.478 e. The predicted octanol–water partition coefficient (Wildman–Crippen LogP) is 3.09. The second-order valence-corrected chi connectivity index (χ2v) is 3.68. The van der Waals surface area contributed by atoms with E-state index in [1.807, 2.05) is 0 Å². The zero-order chi connectivity index (χ0) is 10.3. The number of hydrogen-bond donors (Lipinski definition) is 1. The van der Waals surface area contributed by atoms with Crippen LogP contribution >= 0.6 is 0 Å². The molecular formula is C11H20O2. The Bertz CT molecular complexity index is 173. The van der Waals surface area contributed by atoms with Gasteiger partial charge < -0.3 is 5.11 Å². The maximum Gasteiger partial charge on any atom is 0.327 e. The fraction of sp³-hybridized carbons (Fsp3) is 0.727. The summed E-state index contributed by atoms with van der Waals surface area (Å²) in [5.74, 6) is 0.0905. The molecule has 0 radical (unpaired) electrons. The summed E-state index contributed by atoms with van der Waals surface area (Å²) in [6, 6.07) is 0. The first-order chi connectivity index (χ1) is 6.07. The molecule has 0 saturated carbocycles. The Labute approximate surface area is 80.7 Å². The molecule has 0 amide bonds. The highest BCUT2D eigenvalue weighted by Crippen LogP contribution is 2.18. The van der Waals surface area contributed by atoms with Crippen molar-refractivity contribution < 1.29 is 9.90 Å². The number of allylic oxidation sites excluding steroid dienone is 1. The Morgan fingerprint density at radius 3 is 2.54 bits per heavy atom. The molecule has 0 aromatic rings. The third kappa shape index (κ3) is 6.38. The summed E-state index contributed by atoms with van der Waals surface area (Å²) in [6.45, 7) is 6.41. The number of hydrogen-bond acceptors (Lipinski definition) is 1. The molecule has 0 rings (SSSR count). The topological polar surface area (TPSA) is 37.3 Å². The van der Waals surface area contributed by atoms with Crippen molar-refractivity contribution >= 4 is 5.97 Å². The van der Waals surface area contributed by atoms with E-state index in [0.29, 0.717) is 11.8 Å². The summed E-state index contributed by atoms with van der Waals surface area (Å²) >= 11 is 0. The Hall–Kier alpha value is -0.790. The Kier molecular flexibility index (Phi) is 6.29. The summed E-state index contributed by atoms with van der Waals surface area (Å²) in [5.41, 5.74) is 0. The fourth-order valence-corrected chi connectivity index (χ4v) is 1.21. The SMILES string of the molecule is CCCCC(C)C(C)/C=C/C(=O)O. The lowest BCUT2D eigenvalue weighted by molar-refractivity contribution is -0.131. The number of unbranched alkanes of at least 4 members (excludes halogenated alkanes) is 1. The van der Waals surface area contributed by atoms with Gasteiger partial charge in [0.15, 0.2) is 0 Å². The molecule has 0 aliphatic carbocycles. The maximum atomic E-state index is 10.3. The summed E-state index contributed by atoms with van der Waals surface area (Å²) in [5, 5.41) is 8.43. The second-order valence-electron chi connectivity index (χ2n) is 3.68. The van der Waals surface area contributed by atoms with Crippen molar-refractivity contribution in [2.24, 2.45) is 11.8 Å². The summed E-state index contributed by atoms with van der Waals surface area (Å²) in [7, 11) is 0. The van der Waals surface area contributed by atoms with E-state index in [1.165, 1.54) is 25.3 Å². The van der Waals surface area contributed by atoms with E-state index in [-0.39, 0.29) is 0 Å². The minimum atomic E-state index is -0.852. The van der Waals surface area contributed by atoms with Gasteiger partial charge in [-0.1, -0.05) is 46.1 Å². The van der Waals surface area contributed by atoms with Crippen molar-refractivity contribution in [3.63, 3.8) is 0 Å². The van der Waals surface area contributed by atoms with E-state index in [9.17, 15) is 4.79 Å². The standard InChI is InChI=1S/C11H20O2/c1-4-5-6-9(2)10(3)7-8-11(12)13/h7-10H,4-6H2,1-3H3,(H,12,13)/b8-7+. The van der Waals surface area contributed by atoms with E-state index in [4.69, 9.17) is 5.11 Å². The molecule has 1 N–H and O–H groups in total. The zero-order valence-electron chi connectivity index (χ0n) is 8.79. The second kappa shape index (κ2) is 6.70. The van der Waals surface area contributed by atoms with Gasteiger partial charge in [-0.3, -0.25) is 0 Å². The lowest BCUT2D eigenvalue weighted by atomic mass is 9.91. The van der Waals surface area contributed by atoms with Crippen molar-refractivity contribution in [2.45, 2.75) is 40.0 Å². The van der Waals surface area contributed by atoms with Crippen LogP contribution < -0.4 is 0 Å². The monoisotopic (exact) mass is 184 g/mol. The van der Waals surface area contributed by atoms with Gasteiger partial charge in [0.25, 0.3) is 0 Å². The third-order valence-corrected chi connectivity index (χ3v) is 2.45. The van der Waals surface area contributed by atoms with Gasteiger partial charge in [0, 0.05) is 6.08 Å². The molecule has 0 fully saturated rings. The number of carbonyl (C=O) groups is 1. The molecule has 2 atom stereocenters. The number of aliphatic carboxylic acids is 1. The molecule has 13 heavy (non-hydrogen) atoms. The molecule has 0 bridgehead atoms. The van der Waals surface area contributed by atoms with Crippen LogP contribution in [0.2, 0.25) is 0 Å². The average molecular weight is 184 g/mol. The number of carboxylic acid groups (broad SMARTS) is 1. The molecular weight excluding hydrogens is 164 g/mol. The molecule has 2 nitrogen and oxygen atoms in total. The Morgan fingerprint density at radius 1 is 1.46 bits per heavy atom. The molecule has 0 spiro atoms. The van der Waals surface area contributed by atoms with Crippen LogP contribution in [0.25, 0.3) is 0 Å². The van der Waals surface area contributed by atoms with Crippen molar-refractivity contribution in [2.75, 3.05) is 0 Å². The van der Waals surface area contributed by atoms with Gasteiger partial charge in [0.1, 0.15) is 0 Å². The fourth-order valence-electron chi connectivity index (χ4n) is 1.21. The van der Waals surface area contributed by atoms with Gasteiger partial charge in [-0.05, 0) is 11.8 Å². The molecule has 0 heterocycles. The molecule has 2 heteroatoms. The number of rotatable bonds is 6.